The van der Waals surface area contributed by atoms with Crippen molar-refractivity contribution >= 4 is 17.6 Å². The Bertz CT molecular complexity index is 2030. The van der Waals surface area contributed by atoms with E-state index in [9.17, 15) is 19.7 Å². The Morgan fingerprint density at radius 1 is 0.460 bits per heavy atom. The van der Waals surface area contributed by atoms with Crippen LogP contribution in [0.3, 0.4) is 0 Å². The predicted molar refractivity (Wildman–Crippen MR) is 252 cm³/mol. The van der Waals surface area contributed by atoms with Crippen LogP contribution >= 0.6 is 0 Å². The van der Waals surface area contributed by atoms with Gasteiger partial charge in [-0.15, -0.1) is 13.2 Å². The average Bonchev–Trinajstić information content (AvgIpc) is 3.30. The number of carbonyl (C=O) groups excluding carboxylic acids is 2. The largest absolute Gasteiger partial charge is 0.494 e. The highest BCUT2D eigenvalue weighted by atomic mass is 16.6. The lowest BCUT2D eigenvalue weighted by molar-refractivity contribution is -0.386. The molecule has 0 aliphatic rings. The number of allylic oxidation sites excluding steroid dienone is 2. The first-order valence-electron chi connectivity index (χ1n) is 22.5. The molecular formula is C54H61NO8. The zero-order valence-corrected chi connectivity index (χ0v) is 36.5. The molecule has 0 atom stereocenters. The molecule has 0 saturated carbocycles. The summed E-state index contributed by atoms with van der Waals surface area (Å²) in [6, 6.07) is 33.1. The van der Waals surface area contributed by atoms with E-state index in [1.807, 2.05) is 60.7 Å². The summed E-state index contributed by atoms with van der Waals surface area (Å²) in [6.07, 6.45) is 23.0. The molecule has 0 radical (unpaired) electrons. The Morgan fingerprint density at radius 2 is 0.778 bits per heavy atom. The van der Waals surface area contributed by atoms with Crippen molar-refractivity contribution in [2.24, 2.45) is 0 Å². The number of para-hydroxylation sites is 1. The molecule has 0 spiro atoms. The van der Waals surface area contributed by atoms with Crippen molar-refractivity contribution in [2.75, 3.05) is 13.2 Å². The van der Waals surface area contributed by atoms with Crippen LogP contribution in [0.25, 0.3) is 22.3 Å². The third kappa shape index (κ3) is 16.1. The Hall–Kier alpha value is -6.48. The van der Waals surface area contributed by atoms with Gasteiger partial charge in [0, 0.05) is 0 Å². The molecule has 9 nitrogen and oxygen atoms in total. The van der Waals surface area contributed by atoms with Gasteiger partial charge in [0.1, 0.15) is 11.5 Å². The fourth-order valence-corrected chi connectivity index (χ4v) is 7.18. The molecule has 0 heterocycles. The van der Waals surface area contributed by atoms with E-state index < -0.39 is 22.5 Å². The van der Waals surface area contributed by atoms with Crippen molar-refractivity contribution in [3.63, 3.8) is 0 Å². The lowest BCUT2D eigenvalue weighted by atomic mass is 10.0. The number of hydrogen-bond donors (Lipinski definition) is 0. The lowest BCUT2D eigenvalue weighted by Gasteiger charge is -2.10. The number of unbranched alkanes of at least 4 members (excludes halogenated alkanes) is 14. The third-order valence-electron chi connectivity index (χ3n) is 10.8. The monoisotopic (exact) mass is 851 g/mol. The molecule has 0 aliphatic heterocycles. The standard InChI is InChI=1S/C54H61NO8/c1-3-5-7-9-11-13-15-17-19-40-60-48-36-32-44(33-37-48)42-24-28-46(29-25-42)53(56)62-50-22-21-23-51(52(50)55(58)59)63-54(57)47-30-26-43(27-31-47)45-34-38-49(39-35-45)61-41-20-18-16-14-12-10-8-6-4-2/h3-4,21-39H,1-2,5-20,40-41H2. The number of carbonyl (C=O) groups is 2. The SMILES string of the molecule is C=CCCCCCCCCCOc1ccc(-c2ccc(C(=O)Oc3cccc(OC(=O)c4ccc(-c5ccc(OCCCCCCCCCC=C)cc5)cc4)c3[N+](=O)[O-])cc2)cc1. The van der Waals surface area contributed by atoms with E-state index >= 15 is 0 Å². The molecule has 0 aliphatic carbocycles. The second-order valence-electron chi connectivity index (χ2n) is 15.6. The van der Waals surface area contributed by atoms with Crippen LogP contribution in [0.2, 0.25) is 0 Å². The van der Waals surface area contributed by atoms with Gasteiger partial charge in [-0.2, -0.15) is 0 Å². The summed E-state index contributed by atoms with van der Waals surface area (Å²) in [5.41, 5.74) is 3.38. The maximum Gasteiger partial charge on any atom is 0.353 e. The highest BCUT2D eigenvalue weighted by Gasteiger charge is 2.27. The van der Waals surface area contributed by atoms with Crippen molar-refractivity contribution in [3.05, 3.63) is 162 Å². The van der Waals surface area contributed by atoms with Gasteiger partial charge < -0.3 is 18.9 Å². The lowest BCUT2D eigenvalue weighted by Crippen LogP contribution is -2.12. The molecule has 0 saturated heterocycles. The van der Waals surface area contributed by atoms with Crippen molar-refractivity contribution in [2.45, 2.75) is 103 Å². The van der Waals surface area contributed by atoms with Gasteiger partial charge in [-0.1, -0.05) is 131 Å². The smallest absolute Gasteiger partial charge is 0.353 e. The fraction of sp³-hybridized carbons (Fsp3) is 0.333. The van der Waals surface area contributed by atoms with Crippen LogP contribution in [-0.2, 0) is 0 Å². The Labute approximate surface area is 372 Å². The average molecular weight is 852 g/mol. The van der Waals surface area contributed by atoms with Gasteiger partial charge in [0.05, 0.1) is 29.3 Å². The van der Waals surface area contributed by atoms with Gasteiger partial charge in [-0.05, 0) is 121 Å². The third-order valence-corrected chi connectivity index (χ3v) is 10.8. The topological polar surface area (TPSA) is 114 Å². The van der Waals surface area contributed by atoms with E-state index in [1.54, 1.807) is 48.5 Å². The van der Waals surface area contributed by atoms with Crippen LogP contribution in [0.5, 0.6) is 23.0 Å². The summed E-state index contributed by atoms with van der Waals surface area (Å²) in [7, 11) is 0. The molecule has 9 heteroatoms. The highest BCUT2D eigenvalue weighted by molar-refractivity contribution is 5.94. The summed E-state index contributed by atoms with van der Waals surface area (Å²) in [6.45, 7) is 8.90. The molecule has 5 aromatic carbocycles. The Balaban J connectivity index is 1.08. The number of ether oxygens (including phenoxy) is 4. The minimum absolute atomic E-state index is 0.196. The first-order chi connectivity index (χ1) is 30.9. The van der Waals surface area contributed by atoms with Crippen LogP contribution in [0, 0.1) is 10.1 Å². The van der Waals surface area contributed by atoms with E-state index in [0.717, 1.165) is 72.3 Å². The molecule has 0 fully saturated rings. The second-order valence-corrected chi connectivity index (χ2v) is 15.6. The van der Waals surface area contributed by atoms with Crippen molar-refractivity contribution in [3.8, 4) is 45.3 Å². The van der Waals surface area contributed by atoms with Crippen LogP contribution < -0.4 is 18.9 Å². The van der Waals surface area contributed by atoms with Crippen LogP contribution in [0.1, 0.15) is 123 Å². The molecule has 0 N–H and O–H groups in total. The van der Waals surface area contributed by atoms with Crippen molar-refractivity contribution < 1.29 is 33.5 Å². The Kier molecular flexibility index (Phi) is 20.2. The molecule has 0 aromatic heterocycles. The molecular weight excluding hydrogens is 791 g/mol. The second kappa shape index (κ2) is 26.8. The quantitative estimate of drug-likeness (QED) is 0.0117. The summed E-state index contributed by atoms with van der Waals surface area (Å²) in [5, 5.41) is 12.2. The number of esters is 2. The normalized spacial score (nSPS) is 10.8. The molecule has 0 bridgehead atoms. The van der Waals surface area contributed by atoms with E-state index in [-0.39, 0.29) is 22.6 Å². The predicted octanol–water partition coefficient (Wildman–Crippen LogP) is 14.7. The van der Waals surface area contributed by atoms with E-state index in [2.05, 4.69) is 13.2 Å². The molecule has 5 rings (SSSR count). The van der Waals surface area contributed by atoms with Gasteiger partial charge in [-0.25, -0.2) is 9.59 Å². The molecule has 330 valence electrons. The van der Waals surface area contributed by atoms with Crippen molar-refractivity contribution in [1.82, 2.24) is 0 Å². The number of nitrogens with zero attached hydrogens (tertiary/aromatic N) is 1. The minimum Gasteiger partial charge on any atom is -0.494 e. The van der Waals surface area contributed by atoms with Gasteiger partial charge >= 0.3 is 17.6 Å². The zero-order valence-electron chi connectivity index (χ0n) is 36.5. The maximum absolute atomic E-state index is 13.2. The summed E-state index contributed by atoms with van der Waals surface area (Å²) < 4.78 is 22.9. The maximum atomic E-state index is 13.2. The molecule has 5 aromatic rings. The molecule has 0 unspecified atom stereocenters. The first-order valence-corrected chi connectivity index (χ1v) is 22.5. The summed E-state index contributed by atoms with van der Waals surface area (Å²) in [5.74, 6) is -0.675. The van der Waals surface area contributed by atoms with E-state index in [1.165, 1.54) is 82.4 Å². The van der Waals surface area contributed by atoms with Crippen LogP contribution in [-0.4, -0.2) is 30.1 Å². The minimum atomic E-state index is -0.795. The Morgan fingerprint density at radius 3 is 1.11 bits per heavy atom. The number of rotatable bonds is 29. The van der Waals surface area contributed by atoms with Gasteiger partial charge in [0.2, 0.25) is 11.5 Å². The summed E-state index contributed by atoms with van der Waals surface area (Å²) >= 11 is 0. The number of nitro benzene ring substituents is 1. The van der Waals surface area contributed by atoms with Gasteiger partial charge in [0.15, 0.2) is 0 Å². The van der Waals surface area contributed by atoms with E-state index in [4.69, 9.17) is 18.9 Å². The molecule has 63 heavy (non-hydrogen) atoms. The van der Waals surface area contributed by atoms with Gasteiger partial charge in [-0.3, -0.25) is 10.1 Å². The fourth-order valence-electron chi connectivity index (χ4n) is 7.18. The van der Waals surface area contributed by atoms with Crippen LogP contribution in [0.4, 0.5) is 5.69 Å². The number of nitro groups is 1. The number of hydrogen-bond acceptors (Lipinski definition) is 8. The van der Waals surface area contributed by atoms with E-state index in [0.29, 0.717) is 13.2 Å². The highest BCUT2D eigenvalue weighted by Crippen LogP contribution is 2.38. The van der Waals surface area contributed by atoms with Gasteiger partial charge in [0.25, 0.3) is 0 Å². The van der Waals surface area contributed by atoms with Crippen LogP contribution in [0.15, 0.2) is 141 Å². The van der Waals surface area contributed by atoms with Crippen molar-refractivity contribution in [1.29, 1.82) is 0 Å². The number of benzene rings is 5. The molecule has 0 amide bonds. The first kappa shape index (κ1) is 47.6. The summed E-state index contributed by atoms with van der Waals surface area (Å²) in [4.78, 5) is 37.9. The zero-order chi connectivity index (χ0) is 44.5.